The van der Waals surface area contributed by atoms with Crippen LogP contribution in [-0.4, -0.2) is 29.2 Å². The number of amides is 3. The van der Waals surface area contributed by atoms with Gasteiger partial charge in [0, 0.05) is 36.3 Å². The standard InChI is InChI=1S/C21H20N4O5/c26-19-11-16(12-24(19)17-8-7-13-3-1-4-14(13)9-17)21(28)23-22-20(27)15-5-2-6-18(10-15)25(29)30/h2,5-10,16H,1,3-4,11-12H2,(H,22,27)(H,23,28). The number of benzene rings is 2. The Kier molecular flexibility index (Phi) is 5.18. The van der Waals surface area contributed by atoms with Crippen LogP contribution in [0, 0.1) is 16.0 Å². The number of hydrazine groups is 1. The summed E-state index contributed by atoms with van der Waals surface area (Å²) in [5, 5.41) is 10.8. The molecule has 2 N–H and O–H groups in total. The van der Waals surface area contributed by atoms with Gasteiger partial charge in [-0.25, -0.2) is 0 Å². The van der Waals surface area contributed by atoms with Crippen LogP contribution < -0.4 is 15.8 Å². The van der Waals surface area contributed by atoms with Gasteiger partial charge in [-0.2, -0.15) is 0 Å². The minimum atomic E-state index is -0.674. The molecule has 2 aromatic rings. The number of fused-ring (bicyclic) bond motifs is 1. The summed E-state index contributed by atoms with van der Waals surface area (Å²) >= 11 is 0. The predicted molar refractivity (Wildman–Crippen MR) is 108 cm³/mol. The SMILES string of the molecule is O=C(NNC(=O)C1CC(=O)N(c2ccc3c(c2)CCC3)C1)c1cccc([N+](=O)[O-])c1. The van der Waals surface area contributed by atoms with Gasteiger partial charge in [-0.15, -0.1) is 0 Å². The highest BCUT2D eigenvalue weighted by molar-refractivity contribution is 6.01. The molecule has 30 heavy (non-hydrogen) atoms. The molecule has 0 radical (unpaired) electrons. The molecule has 1 fully saturated rings. The number of non-ortho nitro benzene ring substituents is 1. The molecule has 1 saturated heterocycles. The van der Waals surface area contributed by atoms with Crippen molar-refractivity contribution in [1.82, 2.24) is 10.9 Å². The number of anilines is 1. The number of hydrogen-bond donors (Lipinski definition) is 2. The maximum Gasteiger partial charge on any atom is 0.270 e. The van der Waals surface area contributed by atoms with Gasteiger partial charge in [0.05, 0.1) is 10.8 Å². The minimum absolute atomic E-state index is 0.0479. The zero-order chi connectivity index (χ0) is 21.3. The van der Waals surface area contributed by atoms with Crippen molar-refractivity contribution in [2.45, 2.75) is 25.7 Å². The first-order valence-electron chi connectivity index (χ1n) is 9.69. The number of nitro groups is 1. The molecule has 0 bridgehead atoms. The first kappa shape index (κ1) is 19.6. The molecule has 9 heteroatoms. The summed E-state index contributed by atoms with van der Waals surface area (Å²) in [6, 6.07) is 11.2. The third kappa shape index (κ3) is 3.86. The molecule has 0 saturated carbocycles. The van der Waals surface area contributed by atoms with Crippen LogP contribution in [0.5, 0.6) is 0 Å². The number of hydrogen-bond acceptors (Lipinski definition) is 5. The number of rotatable bonds is 4. The molecule has 9 nitrogen and oxygen atoms in total. The third-order valence-corrected chi connectivity index (χ3v) is 5.51. The van der Waals surface area contributed by atoms with Gasteiger partial charge in [0.2, 0.25) is 11.8 Å². The average molecular weight is 408 g/mol. The lowest BCUT2D eigenvalue weighted by molar-refractivity contribution is -0.384. The fourth-order valence-electron chi connectivity index (χ4n) is 3.91. The lowest BCUT2D eigenvalue weighted by Crippen LogP contribution is -2.45. The van der Waals surface area contributed by atoms with E-state index in [2.05, 4.69) is 10.9 Å². The number of aryl methyl sites for hydroxylation is 2. The Morgan fingerprint density at radius 2 is 1.87 bits per heavy atom. The smallest absolute Gasteiger partial charge is 0.270 e. The summed E-state index contributed by atoms with van der Waals surface area (Å²) in [7, 11) is 0. The van der Waals surface area contributed by atoms with Gasteiger partial charge in [0.1, 0.15) is 0 Å². The van der Waals surface area contributed by atoms with Crippen molar-refractivity contribution in [3.63, 3.8) is 0 Å². The van der Waals surface area contributed by atoms with Crippen LogP contribution in [0.1, 0.15) is 34.3 Å². The quantitative estimate of drug-likeness (QED) is 0.591. The second-order valence-electron chi connectivity index (χ2n) is 7.46. The van der Waals surface area contributed by atoms with Crippen LogP contribution in [0.3, 0.4) is 0 Å². The number of carbonyl (C=O) groups is 3. The number of nitrogens with one attached hydrogen (secondary N) is 2. The molecule has 0 spiro atoms. The Morgan fingerprint density at radius 3 is 2.67 bits per heavy atom. The lowest BCUT2D eigenvalue weighted by Gasteiger charge is -2.18. The first-order chi connectivity index (χ1) is 14.4. The minimum Gasteiger partial charge on any atom is -0.312 e. The number of carbonyl (C=O) groups excluding carboxylic acids is 3. The van der Waals surface area contributed by atoms with E-state index in [1.54, 1.807) is 4.90 Å². The highest BCUT2D eigenvalue weighted by atomic mass is 16.6. The highest BCUT2D eigenvalue weighted by Crippen LogP contribution is 2.30. The zero-order valence-corrected chi connectivity index (χ0v) is 16.1. The summed E-state index contributed by atoms with van der Waals surface area (Å²) in [6.45, 7) is 0.232. The van der Waals surface area contributed by atoms with Crippen molar-refractivity contribution >= 4 is 29.1 Å². The molecule has 1 atom stereocenters. The molecule has 2 aromatic carbocycles. The molecule has 2 aliphatic rings. The van der Waals surface area contributed by atoms with Crippen LogP contribution in [0.15, 0.2) is 42.5 Å². The molecule has 0 aromatic heterocycles. The topological polar surface area (TPSA) is 122 Å². The van der Waals surface area contributed by atoms with E-state index in [0.717, 1.165) is 31.0 Å². The lowest BCUT2D eigenvalue weighted by atomic mass is 10.1. The maximum atomic E-state index is 12.5. The molecule has 4 rings (SSSR count). The van der Waals surface area contributed by atoms with Gasteiger partial charge in [-0.05, 0) is 48.6 Å². The van der Waals surface area contributed by atoms with E-state index in [0.29, 0.717) is 0 Å². The predicted octanol–water partition coefficient (Wildman–Crippen LogP) is 1.90. The molecule has 154 valence electrons. The Hall–Kier alpha value is -3.75. The fraction of sp³-hybridized carbons (Fsp3) is 0.286. The van der Waals surface area contributed by atoms with Gasteiger partial charge in [-0.3, -0.25) is 35.3 Å². The molecular formula is C21H20N4O5. The summed E-state index contributed by atoms with van der Waals surface area (Å²) in [4.78, 5) is 48.9. The number of nitrogens with zero attached hydrogens (tertiary/aromatic N) is 2. The van der Waals surface area contributed by atoms with Crippen LogP contribution in [0.25, 0.3) is 0 Å². The van der Waals surface area contributed by atoms with E-state index in [4.69, 9.17) is 0 Å². The van der Waals surface area contributed by atoms with Crippen LogP contribution in [0.2, 0.25) is 0 Å². The van der Waals surface area contributed by atoms with Crippen LogP contribution in [0.4, 0.5) is 11.4 Å². The summed E-state index contributed by atoms with van der Waals surface area (Å²) in [6.07, 6.45) is 3.22. The molecule has 1 unspecified atom stereocenters. The highest BCUT2D eigenvalue weighted by Gasteiger charge is 2.35. The van der Waals surface area contributed by atoms with Crippen molar-refractivity contribution in [2.24, 2.45) is 5.92 Å². The summed E-state index contributed by atoms with van der Waals surface area (Å²) < 4.78 is 0. The molecule has 3 amide bonds. The zero-order valence-electron chi connectivity index (χ0n) is 16.1. The molecule has 1 heterocycles. The van der Waals surface area contributed by atoms with Gasteiger partial charge >= 0.3 is 0 Å². The van der Waals surface area contributed by atoms with Crippen LogP contribution in [-0.2, 0) is 22.4 Å². The van der Waals surface area contributed by atoms with E-state index in [1.807, 2.05) is 18.2 Å². The van der Waals surface area contributed by atoms with Crippen molar-refractivity contribution < 1.29 is 19.3 Å². The Labute approximate surface area is 172 Å². The Bertz CT molecular complexity index is 1050. The molecule has 1 aliphatic heterocycles. The summed E-state index contributed by atoms with van der Waals surface area (Å²) in [5.41, 5.74) is 7.74. The average Bonchev–Trinajstić information content (AvgIpc) is 3.37. The Morgan fingerprint density at radius 1 is 1.07 bits per heavy atom. The second kappa shape index (κ2) is 7.94. The normalized spacial score (nSPS) is 17.5. The second-order valence-corrected chi connectivity index (χ2v) is 7.46. The van der Waals surface area contributed by atoms with E-state index < -0.39 is 22.7 Å². The monoisotopic (exact) mass is 408 g/mol. The molecule has 1 aliphatic carbocycles. The van der Waals surface area contributed by atoms with E-state index in [-0.39, 0.29) is 30.1 Å². The van der Waals surface area contributed by atoms with Crippen molar-refractivity contribution in [3.8, 4) is 0 Å². The van der Waals surface area contributed by atoms with Gasteiger partial charge in [0.25, 0.3) is 11.6 Å². The van der Waals surface area contributed by atoms with E-state index >= 15 is 0 Å². The fourth-order valence-corrected chi connectivity index (χ4v) is 3.91. The number of nitro benzene ring substituents is 1. The Balaban J connectivity index is 1.36. The van der Waals surface area contributed by atoms with Gasteiger partial charge in [-0.1, -0.05) is 12.1 Å². The first-order valence-corrected chi connectivity index (χ1v) is 9.69. The van der Waals surface area contributed by atoms with Crippen LogP contribution >= 0.6 is 0 Å². The van der Waals surface area contributed by atoms with E-state index in [1.165, 1.54) is 29.3 Å². The van der Waals surface area contributed by atoms with Crippen molar-refractivity contribution in [2.75, 3.05) is 11.4 Å². The molecular weight excluding hydrogens is 388 g/mol. The third-order valence-electron chi connectivity index (χ3n) is 5.51. The maximum absolute atomic E-state index is 12.5. The van der Waals surface area contributed by atoms with Crippen molar-refractivity contribution in [1.29, 1.82) is 0 Å². The van der Waals surface area contributed by atoms with Gasteiger partial charge < -0.3 is 4.90 Å². The van der Waals surface area contributed by atoms with Gasteiger partial charge in [0.15, 0.2) is 0 Å². The largest absolute Gasteiger partial charge is 0.312 e. The van der Waals surface area contributed by atoms with Crippen molar-refractivity contribution in [3.05, 3.63) is 69.3 Å². The summed E-state index contributed by atoms with van der Waals surface area (Å²) in [5.74, 6) is -1.90. The van der Waals surface area contributed by atoms with E-state index in [9.17, 15) is 24.5 Å².